The summed E-state index contributed by atoms with van der Waals surface area (Å²) in [4.78, 5) is 23.6. The monoisotopic (exact) mass is 302 g/mol. The molecule has 0 spiro atoms. The highest BCUT2D eigenvalue weighted by molar-refractivity contribution is 7.18. The molecule has 1 atom stereocenters. The van der Waals surface area contributed by atoms with E-state index in [0.717, 1.165) is 0 Å². The minimum Gasteiger partial charge on any atom is -0.351 e. The normalized spacial score (nSPS) is 11.7. The molecule has 1 heterocycles. The fourth-order valence-corrected chi connectivity index (χ4v) is 2.80. The molecular weight excluding hydrogens is 284 g/mol. The number of carbonyl (C=O) groups is 2. The maximum Gasteiger partial charge on any atom is 0.261 e. The number of anilines is 1. The Morgan fingerprint density at radius 1 is 1.14 bits per heavy atom. The van der Waals surface area contributed by atoms with Gasteiger partial charge in [-0.15, -0.1) is 11.3 Å². The van der Waals surface area contributed by atoms with Crippen LogP contribution < -0.4 is 10.6 Å². The van der Waals surface area contributed by atoms with Crippen molar-refractivity contribution in [1.82, 2.24) is 5.32 Å². The van der Waals surface area contributed by atoms with Gasteiger partial charge in [-0.05, 0) is 23.6 Å². The van der Waals surface area contributed by atoms with Crippen molar-refractivity contribution in [3.8, 4) is 0 Å². The van der Waals surface area contributed by atoms with Gasteiger partial charge in [0.1, 0.15) is 0 Å². The van der Waals surface area contributed by atoms with Crippen LogP contribution in [0.5, 0.6) is 0 Å². The van der Waals surface area contributed by atoms with Crippen molar-refractivity contribution in [1.29, 1.82) is 0 Å². The van der Waals surface area contributed by atoms with Gasteiger partial charge in [0.2, 0.25) is 5.91 Å². The summed E-state index contributed by atoms with van der Waals surface area (Å²) in [6.07, 6.45) is 0. The Morgan fingerprint density at radius 2 is 1.86 bits per heavy atom. The Bertz CT molecular complexity index is 622. The number of amides is 2. The van der Waals surface area contributed by atoms with Gasteiger partial charge in [-0.1, -0.05) is 37.3 Å². The molecule has 0 saturated heterocycles. The molecule has 4 nitrogen and oxygen atoms in total. The SMILES string of the molecule is CC(=O)Nc1ccc(C(=O)NC[C@H](C)c2ccccc2)s1. The topological polar surface area (TPSA) is 58.2 Å². The standard InChI is InChI=1S/C16H18N2O2S/c1-11(13-6-4-3-5-7-13)10-17-16(20)14-8-9-15(21-14)18-12(2)19/h3-9,11H,10H2,1-2H3,(H,17,20)(H,18,19)/t11-/m0/s1. The van der Waals surface area contributed by atoms with Crippen molar-refractivity contribution in [2.75, 3.05) is 11.9 Å². The molecule has 0 unspecified atom stereocenters. The highest BCUT2D eigenvalue weighted by Crippen LogP contribution is 2.22. The molecule has 5 heteroatoms. The summed E-state index contributed by atoms with van der Waals surface area (Å²) in [5, 5.41) is 6.28. The van der Waals surface area contributed by atoms with Crippen molar-refractivity contribution >= 4 is 28.2 Å². The first kappa shape index (κ1) is 15.3. The Morgan fingerprint density at radius 3 is 2.52 bits per heavy atom. The van der Waals surface area contributed by atoms with Crippen molar-refractivity contribution in [3.05, 3.63) is 52.9 Å². The fourth-order valence-electron chi connectivity index (χ4n) is 1.93. The molecule has 0 saturated carbocycles. The highest BCUT2D eigenvalue weighted by atomic mass is 32.1. The smallest absolute Gasteiger partial charge is 0.261 e. The van der Waals surface area contributed by atoms with Crippen molar-refractivity contribution in [2.24, 2.45) is 0 Å². The van der Waals surface area contributed by atoms with Crippen LogP contribution in [0.4, 0.5) is 5.00 Å². The van der Waals surface area contributed by atoms with Gasteiger partial charge in [0, 0.05) is 13.5 Å². The molecule has 21 heavy (non-hydrogen) atoms. The summed E-state index contributed by atoms with van der Waals surface area (Å²) in [7, 11) is 0. The Kier molecular flexibility index (Phi) is 5.11. The van der Waals surface area contributed by atoms with Gasteiger partial charge in [0.25, 0.3) is 5.91 Å². The summed E-state index contributed by atoms with van der Waals surface area (Å²) in [5.74, 6) is 0.00539. The third-order valence-electron chi connectivity index (χ3n) is 3.07. The van der Waals surface area contributed by atoms with Crippen LogP contribution in [0.15, 0.2) is 42.5 Å². The van der Waals surface area contributed by atoms with Crippen LogP contribution in [0.3, 0.4) is 0 Å². The maximum atomic E-state index is 12.1. The number of carbonyl (C=O) groups excluding carboxylic acids is 2. The van der Waals surface area contributed by atoms with Gasteiger partial charge in [-0.3, -0.25) is 9.59 Å². The molecule has 2 aromatic rings. The summed E-state index contributed by atoms with van der Waals surface area (Å²) in [6.45, 7) is 4.10. The lowest BCUT2D eigenvalue weighted by molar-refractivity contribution is -0.114. The second-order valence-corrected chi connectivity index (χ2v) is 5.95. The first-order chi connectivity index (χ1) is 10.1. The predicted molar refractivity (Wildman–Crippen MR) is 85.8 cm³/mol. The van der Waals surface area contributed by atoms with E-state index in [9.17, 15) is 9.59 Å². The van der Waals surface area contributed by atoms with Gasteiger partial charge >= 0.3 is 0 Å². The van der Waals surface area contributed by atoms with E-state index < -0.39 is 0 Å². The highest BCUT2D eigenvalue weighted by Gasteiger charge is 2.12. The van der Waals surface area contributed by atoms with Gasteiger partial charge in [-0.2, -0.15) is 0 Å². The summed E-state index contributed by atoms with van der Waals surface area (Å²) >= 11 is 1.27. The van der Waals surface area contributed by atoms with E-state index in [-0.39, 0.29) is 17.7 Å². The minimum atomic E-state index is -0.137. The van der Waals surface area contributed by atoms with E-state index in [2.05, 4.69) is 29.7 Å². The van der Waals surface area contributed by atoms with E-state index >= 15 is 0 Å². The number of benzene rings is 1. The molecular formula is C16H18N2O2S. The lowest BCUT2D eigenvalue weighted by Gasteiger charge is -2.12. The molecule has 0 aliphatic carbocycles. The molecule has 0 aliphatic rings. The van der Waals surface area contributed by atoms with Crippen LogP contribution in [0, 0.1) is 0 Å². The van der Waals surface area contributed by atoms with Crippen LogP contribution in [0.1, 0.15) is 35.0 Å². The number of hydrogen-bond donors (Lipinski definition) is 2. The Hall–Kier alpha value is -2.14. The van der Waals surface area contributed by atoms with E-state index in [4.69, 9.17) is 0 Å². The van der Waals surface area contributed by atoms with Gasteiger partial charge in [0.15, 0.2) is 0 Å². The van der Waals surface area contributed by atoms with Crippen LogP contribution in [-0.2, 0) is 4.79 Å². The number of thiophene rings is 1. The molecule has 1 aromatic carbocycles. The Labute approximate surface area is 128 Å². The third-order valence-corrected chi connectivity index (χ3v) is 4.07. The van der Waals surface area contributed by atoms with Crippen LogP contribution in [0.2, 0.25) is 0 Å². The summed E-state index contributed by atoms with van der Waals surface area (Å²) in [5.41, 5.74) is 1.20. The molecule has 0 bridgehead atoms. The van der Waals surface area contributed by atoms with Gasteiger partial charge in [-0.25, -0.2) is 0 Å². The maximum absolute atomic E-state index is 12.1. The minimum absolute atomic E-state index is 0.112. The van der Waals surface area contributed by atoms with Crippen LogP contribution in [-0.4, -0.2) is 18.4 Å². The molecule has 0 fully saturated rings. The second-order valence-electron chi connectivity index (χ2n) is 4.87. The molecule has 1 aromatic heterocycles. The quantitative estimate of drug-likeness (QED) is 0.891. The molecule has 2 amide bonds. The average molecular weight is 302 g/mol. The van der Waals surface area contributed by atoms with Crippen molar-refractivity contribution in [2.45, 2.75) is 19.8 Å². The number of hydrogen-bond acceptors (Lipinski definition) is 3. The zero-order valence-electron chi connectivity index (χ0n) is 12.1. The average Bonchev–Trinajstić information content (AvgIpc) is 2.93. The predicted octanol–water partition coefficient (Wildman–Crippen LogP) is 3.24. The van der Waals surface area contributed by atoms with E-state index in [0.29, 0.717) is 16.4 Å². The number of nitrogens with one attached hydrogen (secondary N) is 2. The lowest BCUT2D eigenvalue weighted by Crippen LogP contribution is -2.26. The van der Waals surface area contributed by atoms with E-state index in [1.54, 1.807) is 12.1 Å². The Balaban J connectivity index is 1.90. The van der Waals surface area contributed by atoms with Crippen molar-refractivity contribution in [3.63, 3.8) is 0 Å². The fraction of sp³-hybridized carbons (Fsp3) is 0.250. The van der Waals surface area contributed by atoms with E-state index in [1.165, 1.54) is 23.8 Å². The number of rotatable bonds is 5. The van der Waals surface area contributed by atoms with Crippen molar-refractivity contribution < 1.29 is 9.59 Å². The molecule has 0 aliphatic heterocycles. The molecule has 2 rings (SSSR count). The van der Waals surface area contributed by atoms with Crippen LogP contribution in [0.25, 0.3) is 0 Å². The zero-order chi connectivity index (χ0) is 15.2. The molecule has 110 valence electrons. The lowest BCUT2D eigenvalue weighted by atomic mass is 10.0. The molecule has 2 N–H and O–H groups in total. The summed E-state index contributed by atoms with van der Waals surface area (Å²) in [6, 6.07) is 13.5. The largest absolute Gasteiger partial charge is 0.351 e. The third kappa shape index (κ3) is 4.43. The zero-order valence-corrected chi connectivity index (χ0v) is 12.9. The molecule has 0 radical (unpaired) electrons. The van der Waals surface area contributed by atoms with Gasteiger partial charge in [0.05, 0.1) is 9.88 Å². The van der Waals surface area contributed by atoms with Crippen LogP contribution >= 0.6 is 11.3 Å². The first-order valence-corrected chi connectivity index (χ1v) is 7.58. The van der Waals surface area contributed by atoms with E-state index in [1.807, 2.05) is 18.2 Å². The first-order valence-electron chi connectivity index (χ1n) is 6.77. The van der Waals surface area contributed by atoms with Gasteiger partial charge < -0.3 is 10.6 Å². The second kappa shape index (κ2) is 7.04. The summed E-state index contributed by atoms with van der Waals surface area (Å²) < 4.78 is 0.